The van der Waals surface area contributed by atoms with Crippen LogP contribution in [-0.2, 0) is 6.54 Å². The van der Waals surface area contributed by atoms with Crippen molar-refractivity contribution in [1.29, 1.82) is 0 Å². The van der Waals surface area contributed by atoms with Gasteiger partial charge >= 0.3 is 0 Å². The average Bonchev–Trinajstić information content (AvgIpc) is 2.73. The van der Waals surface area contributed by atoms with Crippen molar-refractivity contribution >= 4 is 5.96 Å². The normalized spacial score (nSPS) is 11.3. The van der Waals surface area contributed by atoms with Crippen LogP contribution in [0.1, 0.15) is 5.56 Å². The molecule has 0 aliphatic heterocycles. The Morgan fingerprint density at radius 3 is 2.34 bits per heavy atom. The molecule has 158 valence electrons. The Morgan fingerprint density at radius 1 is 0.931 bits per heavy atom. The standard InChI is InChI=1S/C22H32N4O3/c1-23-22(24-12-14-28-20-10-8-19(27-4)9-11-20)25-17-18-6-5-7-21(16-18)29-15-13-26(2)3/h5-11,16H,12-15,17H2,1-4H3,(H2,23,24,25). The first kappa shape index (κ1) is 22.4. The number of aliphatic imine (C=N–C) groups is 1. The van der Waals surface area contributed by atoms with Gasteiger partial charge in [-0.1, -0.05) is 12.1 Å². The summed E-state index contributed by atoms with van der Waals surface area (Å²) >= 11 is 0. The van der Waals surface area contributed by atoms with E-state index in [9.17, 15) is 0 Å². The molecule has 0 aliphatic carbocycles. The van der Waals surface area contributed by atoms with Gasteiger partial charge in [0.15, 0.2) is 5.96 Å². The second-order valence-corrected chi connectivity index (χ2v) is 6.68. The molecule has 0 saturated heterocycles. The van der Waals surface area contributed by atoms with Crippen LogP contribution in [0, 0.1) is 0 Å². The molecule has 2 N–H and O–H groups in total. The van der Waals surface area contributed by atoms with E-state index in [1.165, 1.54) is 0 Å². The van der Waals surface area contributed by atoms with Crippen LogP contribution >= 0.6 is 0 Å². The van der Waals surface area contributed by atoms with Crippen molar-refractivity contribution in [1.82, 2.24) is 15.5 Å². The number of likely N-dealkylation sites (N-methyl/N-ethyl adjacent to an activating group) is 1. The Bertz CT molecular complexity index is 748. The van der Waals surface area contributed by atoms with Gasteiger partial charge < -0.3 is 29.7 Å². The highest BCUT2D eigenvalue weighted by molar-refractivity contribution is 5.79. The van der Waals surface area contributed by atoms with E-state index in [-0.39, 0.29) is 0 Å². The second kappa shape index (κ2) is 12.5. The maximum absolute atomic E-state index is 5.79. The molecule has 2 rings (SSSR count). The number of hydrogen-bond acceptors (Lipinski definition) is 5. The molecule has 0 spiro atoms. The number of guanidine groups is 1. The maximum atomic E-state index is 5.79. The molecule has 0 heterocycles. The van der Waals surface area contributed by atoms with Crippen LogP contribution in [0.5, 0.6) is 17.2 Å². The average molecular weight is 401 g/mol. The van der Waals surface area contributed by atoms with E-state index in [2.05, 4.69) is 26.6 Å². The van der Waals surface area contributed by atoms with Crippen molar-refractivity contribution in [2.75, 3.05) is 54.6 Å². The Labute approximate surface area is 173 Å². The largest absolute Gasteiger partial charge is 0.497 e. The third kappa shape index (κ3) is 8.74. The number of benzene rings is 2. The molecular formula is C22H32N4O3. The van der Waals surface area contributed by atoms with Crippen molar-refractivity contribution in [3.8, 4) is 17.2 Å². The van der Waals surface area contributed by atoms with Crippen LogP contribution in [0.3, 0.4) is 0 Å². The number of methoxy groups -OCH3 is 1. The third-order valence-corrected chi connectivity index (χ3v) is 4.11. The lowest BCUT2D eigenvalue weighted by molar-refractivity contribution is 0.261. The molecule has 0 unspecified atom stereocenters. The topological polar surface area (TPSA) is 67.4 Å². The van der Waals surface area contributed by atoms with Crippen molar-refractivity contribution in [3.63, 3.8) is 0 Å². The zero-order chi connectivity index (χ0) is 20.9. The Morgan fingerprint density at radius 2 is 1.66 bits per heavy atom. The van der Waals surface area contributed by atoms with E-state index in [1.54, 1.807) is 14.2 Å². The lowest BCUT2D eigenvalue weighted by Crippen LogP contribution is -2.38. The summed E-state index contributed by atoms with van der Waals surface area (Å²) in [5.41, 5.74) is 1.13. The van der Waals surface area contributed by atoms with Gasteiger partial charge in [0.05, 0.1) is 13.7 Å². The molecule has 2 aromatic carbocycles. The van der Waals surface area contributed by atoms with Gasteiger partial charge in [0.2, 0.25) is 0 Å². The highest BCUT2D eigenvalue weighted by Gasteiger charge is 2.01. The fourth-order valence-electron chi connectivity index (χ4n) is 2.51. The minimum absolute atomic E-state index is 0.530. The van der Waals surface area contributed by atoms with Gasteiger partial charge in [-0.2, -0.15) is 0 Å². The molecule has 0 aliphatic rings. The summed E-state index contributed by atoms with van der Waals surface area (Å²) in [4.78, 5) is 6.34. The first-order valence-electron chi connectivity index (χ1n) is 9.68. The minimum Gasteiger partial charge on any atom is -0.497 e. The lowest BCUT2D eigenvalue weighted by atomic mass is 10.2. The monoisotopic (exact) mass is 400 g/mol. The van der Waals surface area contributed by atoms with Crippen molar-refractivity contribution in [2.45, 2.75) is 6.54 Å². The van der Waals surface area contributed by atoms with Crippen LogP contribution < -0.4 is 24.8 Å². The van der Waals surface area contributed by atoms with Crippen LogP contribution in [0.4, 0.5) is 0 Å². The van der Waals surface area contributed by atoms with Crippen LogP contribution in [0.25, 0.3) is 0 Å². The Kier molecular flexibility index (Phi) is 9.65. The number of ether oxygens (including phenoxy) is 3. The smallest absolute Gasteiger partial charge is 0.191 e. The fraction of sp³-hybridized carbons (Fsp3) is 0.409. The van der Waals surface area contributed by atoms with Crippen molar-refractivity contribution in [3.05, 3.63) is 54.1 Å². The molecule has 2 aromatic rings. The lowest BCUT2D eigenvalue weighted by Gasteiger charge is -2.14. The van der Waals surface area contributed by atoms with Crippen molar-refractivity contribution in [2.24, 2.45) is 4.99 Å². The van der Waals surface area contributed by atoms with Crippen LogP contribution in [-0.4, -0.2) is 65.4 Å². The molecule has 29 heavy (non-hydrogen) atoms. The Hall–Kier alpha value is -2.93. The van der Waals surface area contributed by atoms with E-state index in [0.717, 1.165) is 35.3 Å². The SMILES string of the molecule is CN=C(NCCOc1ccc(OC)cc1)NCc1cccc(OCCN(C)C)c1. The summed E-state index contributed by atoms with van der Waals surface area (Å²) in [6.45, 7) is 3.38. The molecular weight excluding hydrogens is 368 g/mol. The van der Waals surface area contributed by atoms with E-state index in [4.69, 9.17) is 14.2 Å². The van der Waals surface area contributed by atoms with Gasteiger partial charge in [-0.15, -0.1) is 0 Å². The van der Waals surface area contributed by atoms with Gasteiger partial charge in [-0.3, -0.25) is 4.99 Å². The predicted molar refractivity (Wildman–Crippen MR) is 117 cm³/mol. The summed E-state index contributed by atoms with van der Waals surface area (Å²) in [5.74, 6) is 3.22. The van der Waals surface area contributed by atoms with Gasteiger partial charge in [-0.25, -0.2) is 0 Å². The molecule has 0 fully saturated rings. The summed E-state index contributed by atoms with van der Waals surface area (Å²) in [6.07, 6.45) is 0. The molecule has 0 radical (unpaired) electrons. The molecule has 0 bridgehead atoms. The van der Waals surface area contributed by atoms with Crippen molar-refractivity contribution < 1.29 is 14.2 Å². The van der Waals surface area contributed by atoms with E-state index in [0.29, 0.717) is 26.3 Å². The highest BCUT2D eigenvalue weighted by Crippen LogP contribution is 2.16. The van der Waals surface area contributed by atoms with Gasteiger partial charge in [0.1, 0.15) is 30.5 Å². The highest BCUT2D eigenvalue weighted by atomic mass is 16.5. The number of nitrogens with zero attached hydrogens (tertiary/aromatic N) is 2. The van der Waals surface area contributed by atoms with E-state index in [1.807, 2.05) is 56.6 Å². The minimum atomic E-state index is 0.530. The van der Waals surface area contributed by atoms with Gasteiger partial charge in [0, 0.05) is 20.1 Å². The van der Waals surface area contributed by atoms with Crippen LogP contribution in [0.2, 0.25) is 0 Å². The summed E-state index contributed by atoms with van der Waals surface area (Å²) in [6, 6.07) is 15.6. The zero-order valence-electron chi connectivity index (χ0n) is 17.8. The van der Waals surface area contributed by atoms with Crippen LogP contribution in [0.15, 0.2) is 53.5 Å². The first-order valence-corrected chi connectivity index (χ1v) is 9.68. The third-order valence-electron chi connectivity index (χ3n) is 4.11. The second-order valence-electron chi connectivity index (χ2n) is 6.68. The maximum Gasteiger partial charge on any atom is 0.191 e. The predicted octanol–water partition coefficient (Wildman–Crippen LogP) is 2.38. The fourth-order valence-corrected chi connectivity index (χ4v) is 2.51. The molecule has 7 heteroatoms. The van der Waals surface area contributed by atoms with E-state index >= 15 is 0 Å². The molecule has 0 atom stereocenters. The Balaban J connectivity index is 1.70. The summed E-state index contributed by atoms with van der Waals surface area (Å²) in [5, 5.41) is 6.55. The number of hydrogen-bond donors (Lipinski definition) is 2. The number of rotatable bonds is 11. The van der Waals surface area contributed by atoms with Gasteiger partial charge in [0.25, 0.3) is 0 Å². The molecule has 7 nitrogen and oxygen atoms in total. The van der Waals surface area contributed by atoms with E-state index < -0.39 is 0 Å². The quantitative estimate of drug-likeness (QED) is 0.343. The molecule has 0 amide bonds. The molecule has 0 saturated carbocycles. The molecule has 0 aromatic heterocycles. The summed E-state index contributed by atoms with van der Waals surface area (Å²) < 4.78 is 16.6. The number of nitrogens with one attached hydrogen (secondary N) is 2. The van der Waals surface area contributed by atoms with Gasteiger partial charge in [-0.05, 0) is 56.1 Å². The zero-order valence-corrected chi connectivity index (χ0v) is 17.8. The summed E-state index contributed by atoms with van der Waals surface area (Å²) in [7, 11) is 7.46. The first-order chi connectivity index (χ1) is 14.1.